The molecule has 1 aliphatic rings. The minimum absolute atomic E-state index is 0.419. The van der Waals surface area contributed by atoms with Crippen molar-refractivity contribution >= 4 is 17.5 Å². The molecular weight excluding hydrogens is 334 g/mol. The second kappa shape index (κ2) is 7.35. The summed E-state index contributed by atoms with van der Waals surface area (Å²) in [5, 5.41) is 11.8. The van der Waals surface area contributed by atoms with Crippen LogP contribution in [0, 0.1) is 6.92 Å². The lowest BCUT2D eigenvalue weighted by atomic mass is 9.98. The van der Waals surface area contributed by atoms with Crippen molar-refractivity contribution in [2.45, 2.75) is 39.7 Å². The van der Waals surface area contributed by atoms with E-state index in [0.29, 0.717) is 11.9 Å². The van der Waals surface area contributed by atoms with E-state index in [1.165, 1.54) is 22.3 Å². The van der Waals surface area contributed by atoms with Crippen LogP contribution in [0.1, 0.15) is 42.0 Å². The predicted molar refractivity (Wildman–Crippen MR) is 110 cm³/mol. The molecule has 1 aromatic heterocycles. The zero-order valence-electron chi connectivity index (χ0n) is 16.1. The minimum atomic E-state index is 0.419. The summed E-state index contributed by atoms with van der Waals surface area (Å²) in [4.78, 5) is 7.01. The average Bonchev–Trinajstić information content (AvgIpc) is 2.69. The molecule has 27 heavy (non-hydrogen) atoms. The Morgan fingerprint density at radius 1 is 1.04 bits per heavy atom. The summed E-state index contributed by atoms with van der Waals surface area (Å²) in [7, 11) is 0. The first-order valence-corrected chi connectivity index (χ1v) is 9.50. The fourth-order valence-electron chi connectivity index (χ4n) is 3.65. The summed E-state index contributed by atoms with van der Waals surface area (Å²) in [6.07, 6.45) is 2.78. The summed E-state index contributed by atoms with van der Waals surface area (Å²) < 4.78 is 0. The Balaban J connectivity index is 1.60. The van der Waals surface area contributed by atoms with Crippen molar-refractivity contribution in [1.82, 2.24) is 15.2 Å². The lowest BCUT2D eigenvalue weighted by Crippen LogP contribution is -2.31. The van der Waals surface area contributed by atoms with Crippen molar-refractivity contribution < 1.29 is 0 Å². The molecule has 3 aromatic rings. The highest BCUT2D eigenvalue weighted by Crippen LogP contribution is 2.30. The first-order valence-electron chi connectivity index (χ1n) is 9.50. The van der Waals surface area contributed by atoms with Gasteiger partial charge in [0, 0.05) is 18.8 Å². The predicted octanol–water partition coefficient (Wildman–Crippen LogP) is 4.61. The first kappa shape index (κ1) is 17.5. The van der Waals surface area contributed by atoms with Crippen LogP contribution < -0.4 is 10.2 Å². The molecule has 0 radical (unpaired) electrons. The van der Waals surface area contributed by atoms with E-state index < -0.39 is 0 Å². The van der Waals surface area contributed by atoms with Gasteiger partial charge in [-0.2, -0.15) is 10.1 Å². The highest BCUT2D eigenvalue weighted by atomic mass is 15.3. The smallest absolute Gasteiger partial charge is 0.249 e. The van der Waals surface area contributed by atoms with E-state index >= 15 is 0 Å². The standard InChI is InChI=1S/C22H25N5/c1-15(2)19-10-6-7-16(3)21(19)25-22-24-20(13-23-26-22)27-12-11-17-8-4-5-9-18(17)14-27/h4-10,13,15H,11-12,14H2,1-3H3,(H,24,25,26). The van der Waals surface area contributed by atoms with Crippen molar-refractivity contribution in [3.63, 3.8) is 0 Å². The molecule has 0 unspecified atom stereocenters. The second-order valence-electron chi connectivity index (χ2n) is 7.40. The Morgan fingerprint density at radius 2 is 1.85 bits per heavy atom. The second-order valence-corrected chi connectivity index (χ2v) is 7.40. The van der Waals surface area contributed by atoms with Crippen molar-refractivity contribution in [3.8, 4) is 0 Å². The summed E-state index contributed by atoms with van der Waals surface area (Å²) in [5.41, 5.74) is 6.31. The highest BCUT2D eigenvalue weighted by molar-refractivity contribution is 5.64. The van der Waals surface area contributed by atoms with Crippen LogP contribution in [0.3, 0.4) is 0 Å². The highest BCUT2D eigenvalue weighted by Gasteiger charge is 2.18. The van der Waals surface area contributed by atoms with Gasteiger partial charge in [-0.25, -0.2) is 0 Å². The molecule has 0 saturated carbocycles. The summed E-state index contributed by atoms with van der Waals surface area (Å²) in [6, 6.07) is 15.0. The Hall–Kier alpha value is -2.95. The van der Waals surface area contributed by atoms with E-state index in [1.54, 1.807) is 6.20 Å². The maximum Gasteiger partial charge on any atom is 0.249 e. The molecule has 2 aromatic carbocycles. The van der Waals surface area contributed by atoms with Gasteiger partial charge in [-0.3, -0.25) is 0 Å². The van der Waals surface area contributed by atoms with Gasteiger partial charge in [-0.05, 0) is 41.5 Å². The van der Waals surface area contributed by atoms with E-state index in [0.717, 1.165) is 31.0 Å². The molecule has 0 fully saturated rings. The Labute approximate surface area is 160 Å². The number of aryl methyl sites for hydroxylation is 1. The lowest BCUT2D eigenvalue weighted by molar-refractivity contribution is 0.714. The van der Waals surface area contributed by atoms with Gasteiger partial charge in [0.15, 0.2) is 5.82 Å². The minimum Gasteiger partial charge on any atom is -0.350 e. The number of nitrogens with one attached hydrogen (secondary N) is 1. The molecule has 0 aliphatic carbocycles. The normalized spacial score (nSPS) is 13.6. The van der Waals surface area contributed by atoms with Gasteiger partial charge in [-0.15, -0.1) is 5.10 Å². The molecule has 4 rings (SSSR count). The molecular formula is C22H25N5. The van der Waals surface area contributed by atoms with Crippen LogP contribution in [0.15, 0.2) is 48.7 Å². The van der Waals surface area contributed by atoms with Crippen LogP contribution in [-0.2, 0) is 13.0 Å². The van der Waals surface area contributed by atoms with Crippen LogP contribution in [0.5, 0.6) is 0 Å². The summed E-state index contributed by atoms with van der Waals surface area (Å²) in [5.74, 6) is 1.83. The zero-order chi connectivity index (χ0) is 18.8. The molecule has 2 heterocycles. The van der Waals surface area contributed by atoms with Gasteiger partial charge >= 0.3 is 0 Å². The van der Waals surface area contributed by atoms with Crippen molar-refractivity contribution in [2.75, 3.05) is 16.8 Å². The van der Waals surface area contributed by atoms with Gasteiger partial charge in [0.1, 0.15) is 0 Å². The molecule has 0 spiro atoms. The molecule has 5 heteroatoms. The number of nitrogens with zero attached hydrogens (tertiary/aromatic N) is 4. The third-order valence-corrected chi connectivity index (χ3v) is 5.16. The molecule has 0 saturated heterocycles. The first-order chi connectivity index (χ1) is 13.1. The number of anilines is 3. The van der Waals surface area contributed by atoms with Crippen molar-refractivity contribution in [3.05, 3.63) is 70.9 Å². The topological polar surface area (TPSA) is 53.9 Å². The molecule has 0 atom stereocenters. The van der Waals surface area contributed by atoms with Gasteiger partial charge in [-0.1, -0.05) is 56.3 Å². The van der Waals surface area contributed by atoms with E-state index in [1.807, 2.05) is 0 Å². The number of fused-ring (bicyclic) bond motifs is 1. The maximum atomic E-state index is 4.75. The van der Waals surface area contributed by atoms with Crippen LogP contribution in [-0.4, -0.2) is 21.7 Å². The third-order valence-electron chi connectivity index (χ3n) is 5.16. The largest absolute Gasteiger partial charge is 0.350 e. The number of benzene rings is 2. The van der Waals surface area contributed by atoms with E-state index in [2.05, 4.69) is 83.6 Å². The van der Waals surface area contributed by atoms with Crippen LogP contribution in [0.25, 0.3) is 0 Å². The molecule has 138 valence electrons. The zero-order valence-corrected chi connectivity index (χ0v) is 16.1. The van der Waals surface area contributed by atoms with Crippen LogP contribution in [0.4, 0.5) is 17.5 Å². The monoisotopic (exact) mass is 359 g/mol. The van der Waals surface area contributed by atoms with Crippen LogP contribution in [0.2, 0.25) is 0 Å². The summed E-state index contributed by atoms with van der Waals surface area (Å²) in [6.45, 7) is 8.29. The number of hydrogen-bond acceptors (Lipinski definition) is 5. The average molecular weight is 359 g/mol. The quantitative estimate of drug-likeness (QED) is 0.737. The third kappa shape index (κ3) is 3.63. The molecule has 0 amide bonds. The molecule has 1 aliphatic heterocycles. The number of hydrogen-bond donors (Lipinski definition) is 1. The fourth-order valence-corrected chi connectivity index (χ4v) is 3.65. The molecule has 0 bridgehead atoms. The Kier molecular flexibility index (Phi) is 4.75. The number of rotatable bonds is 4. The number of para-hydroxylation sites is 1. The number of aromatic nitrogens is 3. The maximum absolute atomic E-state index is 4.75. The van der Waals surface area contributed by atoms with Crippen molar-refractivity contribution in [2.24, 2.45) is 0 Å². The van der Waals surface area contributed by atoms with Gasteiger partial charge < -0.3 is 10.2 Å². The van der Waals surface area contributed by atoms with Gasteiger partial charge in [0.25, 0.3) is 0 Å². The SMILES string of the molecule is Cc1cccc(C(C)C)c1Nc1nncc(N2CCc3ccccc3C2)n1. The van der Waals surface area contributed by atoms with E-state index in [4.69, 9.17) is 4.98 Å². The van der Waals surface area contributed by atoms with Crippen molar-refractivity contribution in [1.29, 1.82) is 0 Å². The van der Waals surface area contributed by atoms with E-state index in [9.17, 15) is 0 Å². The Bertz CT molecular complexity index is 951. The lowest BCUT2D eigenvalue weighted by Gasteiger charge is -2.29. The molecule has 1 N–H and O–H groups in total. The van der Waals surface area contributed by atoms with Crippen LogP contribution >= 0.6 is 0 Å². The fraction of sp³-hybridized carbons (Fsp3) is 0.318. The van der Waals surface area contributed by atoms with E-state index in [-0.39, 0.29) is 0 Å². The van der Waals surface area contributed by atoms with Gasteiger partial charge in [0.2, 0.25) is 5.95 Å². The molecule has 5 nitrogen and oxygen atoms in total. The van der Waals surface area contributed by atoms with Gasteiger partial charge in [0.05, 0.1) is 6.20 Å². The Morgan fingerprint density at radius 3 is 2.67 bits per heavy atom. The summed E-state index contributed by atoms with van der Waals surface area (Å²) >= 11 is 0.